The Morgan fingerprint density at radius 3 is 2.64 bits per heavy atom. The average Bonchev–Trinajstić information content (AvgIpc) is 2.09. The van der Waals surface area contributed by atoms with Gasteiger partial charge in [0.15, 0.2) is 0 Å². The summed E-state index contributed by atoms with van der Waals surface area (Å²) in [6.07, 6.45) is 1.81. The van der Waals surface area contributed by atoms with Crippen LogP contribution in [0.1, 0.15) is 19.8 Å². The van der Waals surface area contributed by atoms with Crippen LogP contribution in [0, 0.1) is 0 Å². The molecule has 1 atom stereocenters. The van der Waals surface area contributed by atoms with Crippen LogP contribution in [0.5, 0.6) is 0 Å². The molecule has 1 N–H and O–H groups in total. The fraction of sp³-hybridized carbons (Fsp3) is 1.00. The molecule has 86 valence electrons. The first-order valence-corrected chi connectivity index (χ1v) is 7.15. The molecule has 0 aromatic heterocycles. The third-order valence-corrected chi connectivity index (χ3v) is 3.46. The predicted molar refractivity (Wildman–Crippen MR) is 61.3 cm³/mol. The van der Waals surface area contributed by atoms with Gasteiger partial charge >= 0.3 is 0 Å². The fourth-order valence-corrected chi connectivity index (χ4v) is 2.19. The van der Waals surface area contributed by atoms with Gasteiger partial charge in [-0.2, -0.15) is 0 Å². The third kappa shape index (κ3) is 8.93. The molecule has 0 saturated carbocycles. The van der Waals surface area contributed by atoms with Crippen LogP contribution in [0.15, 0.2) is 0 Å². The van der Waals surface area contributed by atoms with E-state index in [-0.39, 0.29) is 12.4 Å². The van der Waals surface area contributed by atoms with Crippen LogP contribution in [0.4, 0.5) is 0 Å². The van der Waals surface area contributed by atoms with Crippen molar-refractivity contribution in [1.29, 1.82) is 0 Å². The highest BCUT2D eigenvalue weighted by atomic mass is 79.9. The number of hydrogen-bond acceptors (Lipinski definition) is 3. The van der Waals surface area contributed by atoms with Gasteiger partial charge in [0.1, 0.15) is 0 Å². The summed E-state index contributed by atoms with van der Waals surface area (Å²) >= 11 is 3.40. The van der Waals surface area contributed by atoms with Gasteiger partial charge in [0.2, 0.25) is 10.0 Å². The van der Waals surface area contributed by atoms with Gasteiger partial charge in [-0.1, -0.05) is 22.9 Å². The van der Waals surface area contributed by atoms with Crippen molar-refractivity contribution in [2.75, 3.05) is 26.0 Å². The minimum Gasteiger partial charge on any atom is -0.384 e. The molecule has 0 rings (SSSR count). The van der Waals surface area contributed by atoms with Crippen molar-refractivity contribution in [3.8, 4) is 0 Å². The lowest BCUT2D eigenvalue weighted by atomic mass is 10.2. The second-order valence-electron chi connectivity index (χ2n) is 3.13. The number of hydrogen-bond donors (Lipinski definition) is 1. The van der Waals surface area contributed by atoms with Crippen molar-refractivity contribution < 1.29 is 13.2 Å². The average molecular weight is 288 g/mol. The molecule has 0 aliphatic rings. The zero-order chi connectivity index (χ0) is 11.0. The van der Waals surface area contributed by atoms with Crippen molar-refractivity contribution >= 4 is 26.0 Å². The first-order chi connectivity index (χ1) is 6.48. The zero-order valence-corrected chi connectivity index (χ0v) is 11.0. The lowest BCUT2D eigenvalue weighted by Crippen LogP contribution is -2.29. The van der Waals surface area contributed by atoms with Crippen LogP contribution in [-0.2, 0) is 14.8 Å². The van der Waals surface area contributed by atoms with Crippen molar-refractivity contribution in [2.24, 2.45) is 0 Å². The van der Waals surface area contributed by atoms with Crippen molar-refractivity contribution in [3.05, 3.63) is 0 Å². The van der Waals surface area contributed by atoms with E-state index in [1.807, 2.05) is 6.92 Å². The van der Waals surface area contributed by atoms with Crippen LogP contribution in [0.3, 0.4) is 0 Å². The second-order valence-corrected chi connectivity index (χ2v) is 6.62. The highest BCUT2D eigenvalue weighted by Gasteiger charge is 2.08. The number of alkyl halides is 1. The molecule has 0 amide bonds. The quantitative estimate of drug-likeness (QED) is 0.538. The van der Waals surface area contributed by atoms with Gasteiger partial charge in [-0.05, 0) is 12.8 Å². The Morgan fingerprint density at radius 2 is 2.14 bits per heavy atom. The van der Waals surface area contributed by atoms with Crippen LogP contribution < -0.4 is 4.72 Å². The van der Waals surface area contributed by atoms with Gasteiger partial charge in [0, 0.05) is 18.5 Å². The number of rotatable bonds is 8. The number of halogens is 1. The molecule has 0 spiro atoms. The Balaban J connectivity index is 3.56. The maximum absolute atomic E-state index is 11.2. The van der Waals surface area contributed by atoms with E-state index >= 15 is 0 Å². The van der Waals surface area contributed by atoms with Gasteiger partial charge < -0.3 is 4.74 Å². The summed E-state index contributed by atoms with van der Waals surface area (Å²) in [4.78, 5) is 0.436. The highest BCUT2D eigenvalue weighted by Crippen LogP contribution is 2.05. The number of sulfonamides is 1. The van der Waals surface area contributed by atoms with Gasteiger partial charge in [-0.15, -0.1) is 0 Å². The summed E-state index contributed by atoms with van der Waals surface area (Å²) in [5.74, 6) is 0.0351. The van der Waals surface area contributed by atoms with Gasteiger partial charge in [-0.3, -0.25) is 0 Å². The Hall–Kier alpha value is 0.350. The molecule has 4 nitrogen and oxygen atoms in total. The summed E-state index contributed by atoms with van der Waals surface area (Å²) < 4.78 is 29.7. The van der Waals surface area contributed by atoms with E-state index in [9.17, 15) is 8.42 Å². The number of methoxy groups -OCH3 is 1. The molecule has 0 fully saturated rings. The monoisotopic (exact) mass is 287 g/mol. The van der Waals surface area contributed by atoms with Gasteiger partial charge in [0.05, 0.1) is 12.4 Å². The molecule has 6 heteroatoms. The van der Waals surface area contributed by atoms with E-state index in [4.69, 9.17) is 4.74 Å². The second kappa shape index (κ2) is 7.62. The first-order valence-electron chi connectivity index (χ1n) is 4.58. The lowest BCUT2D eigenvalue weighted by Gasteiger charge is -2.06. The summed E-state index contributed by atoms with van der Waals surface area (Å²) in [5.41, 5.74) is 0. The molecule has 0 bridgehead atoms. The highest BCUT2D eigenvalue weighted by molar-refractivity contribution is 9.09. The lowest BCUT2D eigenvalue weighted by molar-refractivity contribution is 0.217. The number of nitrogens with one attached hydrogen (secondary N) is 1. The molecule has 0 heterocycles. The topological polar surface area (TPSA) is 55.4 Å². The van der Waals surface area contributed by atoms with Crippen LogP contribution in [0.2, 0.25) is 0 Å². The normalized spacial score (nSPS) is 14.2. The molecular weight excluding hydrogens is 270 g/mol. The van der Waals surface area contributed by atoms with Crippen LogP contribution >= 0.6 is 15.9 Å². The predicted octanol–water partition coefficient (Wildman–Crippen LogP) is 1.12. The summed E-state index contributed by atoms with van der Waals surface area (Å²) in [5, 5.41) is 0. The maximum atomic E-state index is 11.2. The van der Waals surface area contributed by atoms with Crippen molar-refractivity contribution in [1.82, 2.24) is 4.72 Å². The first kappa shape index (κ1) is 14.3. The van der Waals surface area contributed by atoms with Crippen molar-refractivity contribution in [2.45, 2.75) is 24.6 Å². The van der Waals surface area contributed by atoms with E-state index in [0.717, 1.165) is 12.8 Å². The Labute approximate surface area is 94.6 Å². The molecule has 0 aliphatic heterocycles. The zero-order valence-electron chi connectivity index (χ0n) is 8.62. The van der Waals surface area contributed by atoms with Crippen LogP contribution in [0.25, 0.3) is 0 Å². The van der Waals surface area contributed by atoms with Gasteiger partial charge in [-0.25, -0.2) is 13.1 Å². The van der Waals surface area contributed by atoms with Crippen molar-refractivity contribution in [3.63, 3.8) is 0 Å². The Morgan fingerprint density at radius 1 is 1.50 bits per heavy atom. The smallest absolute Gasteiger partial charge is 0.213 e. The minimum atomic E-state index is -3.13. The molecule has 0 aromatic carbocycles. The molecule has 1 unspecified atom stereocenters. The van der Waals surface area contributed by atoms with Gasteiger partial charge in [0.25, 0.3) is 0 Å². The Kier molecular flexibility index (Phi) is 7.81. The largest absolute Gasteiger partial charge is 0.384 e. The third-order valence-electron chi connectivity index (χ3n) is 1.66. The standard InChI is InChI=1S/C8H18BrNO3S/c1-8(9)4-3-5-10-14(11,12)7-6-13-2/h8,10H,3-7H2,1-2H3. The molecule has 0 radical (unpaired) electrons. The number of ether oxygens (including phenoxy) is 1. The minimum absolute atomic E-state index is 0.0351. The molecular formula is C8H18BrNO3S. The fourth-order valence-electron chi connectivity index (χ4n) is 0.876. The maximum Gasteiger partial charge on any atom is 0.213 e. The molecule has 14 heavy (non-hydrogen) atoms. The molecule has 0 saturated heterocycles. The Bertz CT molecular complexity index is 229. The summed E-state index contributed by atoms with van der Waals surface area (Å²) in [6.45, 7) is 2.78. The van der Waals surface area contributed by atoms with E-state index in [0.29, 0.717) is 11.4 Å². The van der Waals surface area contributed by atoms with E-state index < -0.39 is 10.0 Å². The van der Waals surface area contributed by atoms with E-state index in [1.54, 1.807) is 0 Å². The molecule has 0 aliphatic carbocycles. The van der Waals surface area contributed by atoms with Crippen LogP contribution in [-0.4, -0.2) is 39.3 Å². The SMILES string of the molecule is COCCS(=O)(=O)NCCCC(C)Br. The molecule has 0 aromatic rings. The summed E-state index contributed by atoms with van der Waals surface area (Å²) in [6, 6.07) is 0. The summed E-state index contributed by atoms with van der Waals surface area (Å²) in [7, 11) is -1.64. The van der Waals surface area contributed by atoms with E-state index in [1.165, 1.54) is 7.11 Å². The van der Waals surface area contributed by atoms with E-state index in [2.05, 4.69) is 20.7 Å².